The fraction of sp³-hybridized carbons (Fsp3) is 0.733. The number of esters is 1. The van der Waals surface area contributed by atoms with E-state index in [-0.39, 0.29) is 35.1 Å². The molecule has 0 N–H and O–H groups in total. The molecule has 0 aromatic rings. The van der Waals surface area contributed by atoms with Crippen molar-refractivity contribution in [1.29, 1.82) is 0 Å². The third-order valence-electron chi connectivity index (χ3n) is 5.53. The lowest BCUT2D eigenvalue weighted by atomic mass is 9.53. The summed E-state index contributed by atoms with van der Waals surface area (Å²) in [6, 6.07) is 0. The van der Waals surface area contributed by atoms with Crippen molar-refractivity contribution < 1.29 is 14.3 Å². The van der Waals surface area contributed by atoms with Gasteiger partial charge in [0.05, 0.1) is 5.92 Å². The van der Waals surface area contributed by atoms with Gasteiger partial charge in [-0.3, -0.25) is 9.59 Å². The lowest BCUT2D eigenvalue weighted by Gasteiger charge is -2.50. The van der Waals surface area contributed by atoms with Crippen molar-refractivity contribution in [3.63, 3.8) is 0 Å². The predicted molar refractivity (Wildman–Crippen MR) is 66.7 cm³/mol. The van der Waals surface area contributed by atoms with Gasteiger partial charge in [-0.2, -0.15) is 0 Å². The molecule has 0 aromatic carbocycles. The minimum Gasteiger partial charge on any atom is -0.462 e. The first-order chi connectivity index (χ1) is 8.44. The smallest absolute Gasteiger partial charge is 0.309 e. The minimum absolute atomic E-state index is 0.0393. The van der Waals surface area contributed by atoms with Crippen LogP contribution in [0.25, 0.3) is 0 Å². The van der Waals surface area contributed by atoms with E-state index in [1.807, 2.05) is 13.0 Å². The molecule has 5 atom stereocenters. The van der Waals surface area contributed by atoms with Crippen molar-refractivity contribution in [2.45, 2.75) is 46.1 Å². The van der Waals surface area contributed by atoms with Crippen LogP contribution in [0, 0.1) is 23.2 Å². The first kappa shape index (κ1) is 11.9. The monoisotopic (exact) mass is 248 g/mol. The number of allylic oxidation sites excluding steroid dienone is 2. The van der Waals surface area contributed by atoms with Crippen LogP contribution in [0.5, 0.6) is 0 Å². The second-order valence-electron chi connectivity index (χ2n) is 6.35. The third kappa shape index (κ3) is 1.36. The fourth-order valence-electron chi connectivity index (χ4n) is 4.36. The molecular weight excluding hydrogens is 228 g/mol. The van der Waals surface area contributed by atoms with Crippen molar-refractivity contribution in [2.75, 3.05) is 0 Å². The predicted octanol–water partition coefficient (Wildman–Crippen LogP) is 2.50. The van der Waals surface area contributed by atoms with E-state index < -0.39 is 0 Å². The molecule has 0 bridgehead atoms. The van der Waals surface area contributed by atoms with E-state index in [1.54, 1.807) is 0 Å². The Bertz CT molecular complexity index is 451. The summed E-state index contributed by atoms with van der Waals surface area (Å²) in [6.07, 6.45) is 4.27. The second-order valence-corrected chi connectivity index (χ2v) is 6.35. The van der Waals surface area contributed by atoms with Gasteiger partial charge in [-0.15, -0.1) is 0 Å². The van der Waals surface area contributed by atoms with Gasteiger partial charge in [-0.1, -0.05) is 26.3 Å². The summed E-state index contributed by atoms with van der Waals surface area (Å²) in [5.74, 6) is 0.685. The molecule has 0 radical (unpaired) electrons. The summed E-state index contributed by atoms with van der Waals surface area (Å²) in [7, 11) is 0. The molecule has 2 aliphatic carbocycles. The summed E-state index contributed by atoms with van der Waals surface area (Å²) in [6.45, 7) is 6.35. The van der Waals surface area contributed by atoms with Crippen molar-refractivity contribution in [2.24, 2.45) is 23.2 Å². The highest BCUT2D eigenvalue weighted by atomic mass is 16.6. The SMILES string of the molecule is C[C@@H]1C(=O)OC2CCC3=CC(=O)C[C@H](C)[C@@]3(C)[C@H]21. The molecule has 1 aliphatic heterocycles. The number of hydrogen-bond acceptors (Lipinski definition) is 3. The van der Waals surface area contributed by atoms with Crippen LogP contribution in [0.1, 0.15) is 40.0 Å². The van der Waals surface area contributed by atoms with Crippen molar-refractivity contribution in [3.05, 3.63) is 11.6 Å². The maximum absolute atomic E-state index is 11.8. The first-order valence-electron chi connectivity index (χ1n) is 6.89. The van der Waals surface area contributed by atoms with Gasteiger partial charge in [-0.25, -0.2) is 0 Å². The van der Waals surface area contributed by atoms with E-state index >= 15 is 0 Å². The summed E-state index contributed by atoms with van der Waals surface area (Å²) >= 11 is 0. The van der Waals surface area contributed by atoms with Crippen LogP contribution in [-0.2, 0) is 14.3 Å². The molecule has 0 aromatic heterocycles. The van der Waals surface area contributed by atoms with Gasteiger partial charge in [-0.05, 0) is 30.3 Å². The Labute approximate surface area is 108 Å². The first-order valence-corrected chi connectivity index (χ1v) is 6.89. The third-order valence-corrected chi connectivity index (χ3v) is 5.53. The van der Waals surface area contributed by atoms with Gasteiger partial charge in [0, 0.05) is 12.3 Å². The number of carbonyl (C=O) groups excluding carboxylic acids is 2. The normalized spacial score (nSPS) is 47.2. The highest BCUT2D eigenvalue weighted by molar-refractivity contribution is 5.92. The average Bonchev–Trinajstić information content (AvgIpc) is 2.58. The number of ketones is 1. The Kier molecular flexibility index (Phi) is 2.45. The average molecular weight is 248 g/mol. The zero-order valence-corrected chi connectivity index (χ0v) is 11.2. The number of rotatable bonds is 0. The van der Waals surface area contributed by atoms with Gasteiger partial charge in [0.25, 0.3) is 0 Å². The van der Waals surface area contributed by atoms with E-state index in [1.165, 1.54) is 5.57 Å². The molecule has 1 heterocycles. The molecule has 3 nitrogen and oxygen atoms in total. The molecule has 3 aliphatic rings. The molecule has 1 saturated heterocycles. The second kappa shape index (κ2) is 3.69. The molecule has 1 saturated carbocycles. The number of ether oxygens (including phenoxy) is 1. The van der Waals surface area contributed by atoms with Crippen molar-refractivity contribution in [3.8, 4) is 0 Å². The maximum Gasteiger partial charge on any atom is 0.309 e. The van der Waals surface area contributed by atoms with E-state index in [0.29, 0.717) is 12.3 Å². The number of fused-ring (bicyclic) bond motifs is 3. The molecule has 0 spiro atoms. The molecule has 3 rings (SSSR count). The topological polar surface area (TPSA) is 43.4 Å². The highest BCUT2D eigenvalue weighted by Gasteiger charge is 2.58. The van der Waals surface area contributed by atoms with Crippen LogP contribution in [0.4, 0.5) is 0 Å². The van der Waals surface area contributed by atoms with Crippen LogP contribution in [0.2, 0.25) is 0 Å². The fourth-order valence-corrected chi connectivity index (χ4v) is 4.36. The highest BCUT2D eigenvalue weighted by Crippen LogP contribution is 2.58. The Hall–Kier alpha value is -1.12. The maximum atomic E-state index is 11.8. The standard InChI is InChI=1S/C15H20O3/c1-8-6-11(16)7-10-4-5-12-13(15(8,10)3)9(2)14(17)18-12/h7-9,12-13H,4-6H2,1-3H3/t8-,9-,12?,13-,15+/m0/s1. The van der Waals surface area contributed by atoms with Crippen LogP contribution in [0.3, 0.4) is 0 Å². The number of carbonyl (C=O) groups is 2. The Morgan fingerprint density at radius 1 is 1.33 bits per heavy atom. The summed E-state index contributed by atoms with van der Waals surface area (Å²) < 4.78 is 5.52. The van der Waals surface area contributed by atoms with Gasteiger partial charge in [0.15, 0.2) is 5.78 Å². The van der Waals surface area contributed by atoms with Crippen LogP contribution < -0.4 is 0 Å². The molecule has 1 unspecified atom stereocenters. The summed E-state index contributed by atoms with van der Waals surface area (Å²) in [5, 5.41) is 0. The summed E-state index contributed by atoms with van der Waals surface area (Å²) in [5.41, 5.74) is 1.21. The minimum atomic E-state index is -0.0587. The number of hydrogen-bond donors (Lipinski definition) is 0. The molecular formula is C15H20O3. The van der Waals surface area contributed by atoms with E-state index in [0.717, 1.165) is 12.8 Å². The van der Waals surface area contributed by atoms with Gasteiger partial charge in [0.1, 0.15) is 6.10 Å². The summed E-state index contributed by atoms with van der Waals surface area (Å²) in [4.78, 5) is 23.6. The lowest BCUT2D eigenvalue weighted by Crippen LogP contribution is -2.48. The van der Waals surface area contributed by atoms with Crippen molar-refractivity contribution >= 4 is 11.8 Å². The van der Waals surface area contributed by atoms with E-state index in [4.69, 9.17) is 4.74 Å². The Morgan fingerprint density at radius 2 is 2.06 bits per heavy atom. The Morgan fingerprint density at radius 3 is 2.78 bits per heavy atom. The van der Waals surface area contributed by atoms with Crippen LogP contribution in [0.15, 0.2) is 11.6 Å². The molecule has 3 heteroatoms. The molecule has 2 fully saturated rings. The van der Waals surface area contributed by atoms with E-state index in [9.17, 15) is 9.59 Å². The molecule has 98 valence electrons. The molecule has 18 heavy (non-hydrogen) atoms. The quantitative estimate of drug-likeness (QED) is 0.619. The largest absolute Gasteiger partial charge is 0.462 e. The lowest BCUT2D eigenvalue weighted by molar-refractivity contribution is -0.144. The Balaban J connectivity index is 2.08. The van der Waals surface area contributed by atoms with E-state index in [2.05, 4.69) is 13.8 Å². The van der Waals surface area contributed by atoms with Crippen LogP contribution in [-0.4, -0.2) is 17.9 Å². The zero-order chi connectivity index (χ0) is 13.1. The molecule has 0 amide bonds. The van der Waals surface area contributed by atoms with Gasteiger partial charge >= 0.3 is 5.97 Å². The van der Waals surface area contributed by atoms with Crippen LogP contribution >= 0.6 is 0 Å². The van der Waals surface area contributed by atoms with Crippen molar-refractivity contribution in [1.82, 2.24) is 0 Å². The zero-order valence-electron chi connectivity index (χ0n) is 11.2. The van der Waals surface area contributed by atoms with Gasteiger partial charge in [0.2, 0.25) is 0 Å². The van der Waals surface area contributed by atoms with Gasteiger partial charge < -0.3 is 4.74 Å².